The molecule has 0 saturated carbocycles. The molecule has 21 heavy (non-hydrogen) atoms. The van der Waals surface area contributed by atoms with E-state index in [-0.39, 0.29) is 17.3 Å². The van der Waals surface area contributed by atoms with E-state index in [1.165, 1.54) is 18.2 Å². The van der Waals surface area contributed by atoms with Gasteiger partial charge in [-0.3, -0.25) is 10.1 Å². The normalized spacial score (nSPS) is 10.7. The summed E-state index contributed by atoms with van der Waals surface area (Å²) in [6.45, 7) is 0. The van der Waals surface area contributed by atoms with Gasteiger partial charge in [0.1, 0.15) is 0 Å². The lowest BCUT2D eigenvalue weighted by molar-refractivity contribution is -0.384. The van der Waals surface area contributed by atoms with Gasteiger partial charge >= 0.3 is 0 Å². The number of nitrogens with zero attached hydrogens (tertiary/aromatic N) is 3. The van der Waals surface area contributed by atoms with Crippen molar-refractivity contribution in [2.45, 2.75) is 6.42 Å². The van der Waals surface area contributed by atoms with Gasteiger partial charge in [0.05, 0.1) is 16.2 Å². The molecule has 7 nitrogen and oxygen atoms in total. The number of anilines is 1. The fraction of sp³-hybridized carbons (Fsp3) is 0.0769. The Morgan fingerprint density at radius 3 is 2.90 bits per heavy atom. The number of thiophene rings is 1. The highest BCUT2D eigenvalue weighted by atomic mass is 32.1. The van der Waals surface area contributed by atoms with Crippen molar-refractivity contribution in [3.05, 3.63) is 56.5 Å². The number of nitro groups is 1. The average Bonchev–Trinajstić information content (AvgIpc) is 3.11. The Balaban J connectivity index is 1.87. The average molecular weight is 302 g/mol. The largest absolute Gasteiger partial charge is 0.398 e. The van der Waals surface area contributed by atoms with E-state index in [0.29, 0.717) is 17.8 Å². The second-order valence-electron chi connectivity index (χ2n) is 4.30. The van der Waals surface area contributed by atoms with Crippen LogP contribution in [0.15, 0.2) is 40.2 Å². The van der Waals surface area contributed by atoms with E-state index in [2.05, 4.69) is 10.1 Å². The van der Waals surface area contributed by atoms with Crippen LogP contribution in [-0.4, -0.2) is 15.1 Å². The predicted octanol–water partition coefficient (Wildman–Crippen LogP) is 2.88. The predicted molar refractivity (Wildman–Crippen MR) is 77.9 cm³/mol. The van der Waals surface area contributed by atoms with Crippen LogP contribution in [0.2, 0.25) is 0 Å². The number of nitrogens with two attached hydrogens (primary N) is 1. The van der Waals surface area contributed by atoms with E-state index >= 15 is 0 Å². The highest BCUT2D eigenvalue weighted by molar-refractivity contribution is 7.09. The molecule has 0 amide bonds. The van der Waals surface area contributed by atoms with Crippen molar-refractivity contribution in [1.82, 2.24) is 10.1 Å². The first-order chi connectivity index (χ1) is 10.1. The molecular weight excluding hydrogens is 292 g/mol. The molecule has 0 atom stereocenters. The summed E-state index contributed by atoms with van der Waals surface area (Å²) in [5.74, 6) is 0.805. The van der Waals surface area contributed by atoms with Crippen molar-refractivity contribution >= 4 is 22.7 Å². The summed E-state index contributed by atoms with van der Waals surface area (Å²) >= 11 is 1.61. The SMILES string of the molecule is Nc1cc([N+](=O)[O-])ccc1-c1nc(Cc2cccs2)no1. The van der Waals surface area contributed by atoms with Crippen molar-refractivity contribution in [2.24, 2.45) is 0 Å². The molecule has 0 fully saturated rings. The molecule has 0 aliphatic rings. The quantitative estimate of drug-likeness (QED) is 0.451. The third-order valence-corrected chi connectivity index (χ3v) is 3.73. The Morgan fingerprint density at radius 2 is 2.24 bits per heavy atom. The van der Waals surface area contributed by atoms with Gasteiger partial charge in [0.25, 0.3) is 11.6 Å². The number of nitrogen functional groups attached to an aromatic ring is 1. The molecule has 3 aromatic rings. The Hall–Kier alpha value is -2.74. The van der Waals surface area contributed by atoms with Gasteiger partial charge in [-0.1, -0.05) is 11.2 Å². The highest BCUT2D eigenvalue weighted by Gasteiger charge is 2.15. The zero-order chi connectivity index (χ0) is 14.8. The number of nitro benzene ring substituents is 1. The summed E-state index contributed by atoms with van der Waals surface area (Å²) < 4.78 is 5.17. The van der Waals surface area contributed by atoms with Crippen molar-refractivity contribution in [3.63, 3.8) is 0 Å². The topological polar surface area (TPSA) is 108 Å². The van der Waals surface area contributed by atoms with Gasteiger partial charge in [-0.25, -0.2) is 0 Å². The van der Waals surface area contributed by atoms with E-state index in [9.17, 15) is 10.1 Å². The number of non-ortho nitro benzene ring substituents is 1. The number of hydrogen-bond acceptors (Lipinski definition) is 7. The number of benzene rings is 1. The highest BCUT2D eigenvalue weighted by Crippen LogP contribution is 2.28. The van der Waals surface area contributed by atoms with Gasteiger partial charge in [-0.15, -0.1) is 11.3 Å². The first kappa shape index (κ1) is 13.3. The van der Waals surface area contributed by atoms with Gasteiger partial charge in [-0.05, 0) is 17.5 Å². The molecule has 2 heterocycles. The summed E-state index contributed by atoms with van der Waals surface area (Å²) in [7, 11) is 0. The lowest BCUT2D eigenvalue weighted by atomic mass is 10.1. The minimum absolute atomic E-state index is 0.0745. The molecule has 2 N–H and O–H groups in total. The molecule has 106 valence electrons. The van der Waals surface area contributed by atoms with Crippen LogP contribution in [-0.2, 0) is 6.42 Å². The second kappa shape index (κ2) is 5.33. The molecule has 0 bridgehead atoms. The van der Waals surface area contributed by atoms with Gasteiger partial charge in [0, 0.05) is 23.4 Å². The fourth-order valence-electron chi connectivity index (χ4n) is 1.86. The zero-order valence-corrected chi connectivity index (χ0v) is 11.5. The summed E-state index contributed by atoms with van der Waals surface area (Å²) in [6, 6.07) is 8.08. The maximum absolute atomic E-state index is 10.7. The van der Waals surface area contributed by atoms with Gasteiger partial charge in [-0.2, -0.15) is 4.98 Å². The molecule has 0 aliphatic carbocycles. The van der Waals surface area contributed by atoms with E-state index in [4.69, 9.17) is 10.3 Å². The maximum Gasteiger partial charge on any atom is 0.271 e. The van der Waals surface area contributed by atoms with Gasteiger partial charge < -0.3 is 10.3 Å². The molecule has 3 rings (SSSR count). The molecule has 0 spiro atoms. The van der Waals surface area contributed by atoms with Crippen molar-refractivity contribution in [3.8, 4) is 11.5 Å². The fourth-order valence-corrected chi connectivity index (χ4v) is 2.56. The van der Waals surface area contributed by atoms with E-state index in [0.717, 1.165) is 4.88 Å². The molecule has 0 radical (unpaired) electrons. The summed E-state index contributed by atoms with van der Waals surface area (Å²) in [5.41, 5.74) is 6.46. The Morgan fingerprint density at radius 1 is 1.38 bits per heavy atom. The van der Waals surface area contributed by atoms with Crippen molar-refractivity contribution in [1.29, 1.82) is 0 Å². The minimum atomic E-state index is -0.504. The first-order valence-corrected chi connectivity index (χ1v) is 6.90. The monoisotopic (exact) mass is 302 g/mol. The van der Waals surface area contributed by atoms with Crippen LogP contribution in [0.3, 0.4) is 0 Å². The van der Waals surface area contributed by atoms with Gasteiger partial charge in [0.15, 0.2) is 5.82 Å². The second-order valence-corrected chi connectivity index (χ2v) is 5.33. The van der Waals surface area contributed by atoms with E-state index in [1.807, 2.05) is 17.5 Å². The lowest BCUT2D eigenvalue weighted by Gasteiger charge is -1.99. The van der Waals surface area contributed by atoms with Gasteiger partial charge in [0.2, 0.25) is 0 Å². The third-order valence-electron chi connectivity index (χ3n) is 2.86. The summed E-state index contributed by atoms with van der Waals surface area (Å²) in [4.78, 5) is 15.6. The molecule has 8 heteroatoms. The van der Waals surface area contributed by atoms with Crippen molar-refractivity contribution < 1.29 is 9.45 Å². The van der Waals surface area contributed by atoms with Crippen LogP contribution in [0.25, 0.3) is 11.5 Å². The first-order valence-electron chi connectivity index (χ1n) is 6.03. The van der Waals surface area contributed by atoms with Crippen LogP contribution in [0, 0.1) is 10.1 Å². The summed E-state index contributed by atoms with van der Waals surface area (Å²) in [5, 5.41) is 16.6. The van der Waals surface area contributed by atoms with E-state index in [1.54, 1.807) is 11.3 Å². The molecule has 0 unspecified atom stereocenters. The van der Waals surface area contributed by atoms with E-state index < -0.39 is 4.92 Å². The Bertz CT molecular complexity index is 783. The van der Waals surface area contributed by atoms with Crippen LogP contribution < -0.4 is 5.73 Å². The molecule has 2 aromatic heterocycles. The molecule has 1 aromatic carbocycles. The van der Waals surface area contributed by atoms with Crippen LogP contribution in [0.4, 0.5) is 11.4 Å². The smallest absolute Gasteiger partial charge is 0.271 e. The van der Waals surface area contributed by atoms with Crippen LogP contribution in [0.5, 0.6) is 0 Å². The Labute approximate surface area is 123 Å². The Kier molecular flexibility index (Phi) is 3.36. The summed E-state index contributed by atoms with van der Waals surface area (Å²) in [6.07, 6.45) is 0.577. The minimum Gasteiger partial charge on any atom is -0.398 e. The van der Waals surface area contributed by atoms with Crippen LogP contribution >= 0.6 is 11.3 Å². The molecule has 0 aliphatic heterocycles. The van der Waals surface area contributed by atoms with Crippen molar-refractivity contribution in [2.75, 3.05) is 5.73 Å². The molecule has 0 saturated heterocycles. The molecular formula is C13H10N4O3S. The lowest BCUT2D eigenvalue weighted by Crippen LogP contribution is -1.94. The number of rotatable bonds is 4. The van der Waals surface area contributed by atoms with Crippen LogP contribution in [0.1, 0.15) is 10.7 Å². The zero-order valence-electron chi connectivity index (χ0n) is 10.7. The third kappa shape index (κ3) is 2.75. The number of hydrogen-bond donors (Lipinski definition) is 1. The number of aromatic nitrogens is 2. The standard InChI is InChI=1S/C13H10N4O3S/c14-11-6-8(17(18)19)3-4-10(11)13-15-12(16-20-13)7-9-2-1-5-21-9/h1-6H,7,14H2. The maximum atomic E-state index is 10.7.